The minimum atomic E-state index is -2.52. The molecule has 2 heterocycles. The zero-order valence-corrected chi connectivity index (χ0v) is 45.1. The van der Waals surface area contributed by atoms with Crippen molar-refractivity contribution in [3.63, 3.8) is 0 Å². The van der Waals surface area contributed by atoms with Crippen LogP contribution in [0, 0.1) is 41.4 Å². The summed E-state index contributed by atoms with van der Waals surface area (Å²) < 4.78 is 17.4. The number of carbonyl (C=O) groups excluding carboxylic acids is 2. The van der Waals surface area contributed by atoms with Crippen LogP contribution in [0.2, 0.25) is 0 Å². The smallest absolute Gasteiger partial charge is 0.330 e. The number of unbranched alkanes of at least 4 members (excludes halogenated alkanes) is 2. The number of fused-ring (bicyclic) bond motifs is 2. The van der Waals surface area contributed by atoms with E-state index >= 15 is 0 Å². The third-order valence-electron chi connectivity index (χ3n) is 15.0. The summed E-state index contributed by atoms with van der Waals surface area (Å²) in [5, 5.41) is 124. The van der Waals surface area contributed by atoms with Gasteiger partial charge in [0.2, 0.25) is 0 Å². The lowest BCUT2D eigenvalue weighted by atomic mass is 9.83. The molecule has 0 aliphatic carbocycles. The Kier molecular flexibility index (Phi) is 30.2. The van der Waals surface area contributed by atoms with Crippen molar-refractivity contribution in [2.45, 2.75) is 224 Å². The Balaban J connectivity index is 2.41. The fourth-order valence-electron chi connectivity index (χ4n) is 9.77. The van der Waals surface area contributed by atoms with Gasteiger partial charge < -0.3 is 81.4 Å². The molecule has 20 nitrogen and oxygen atoms in total. The van der Waals surface area contributed by atoms with Crippen molar-refractivity contribution < 1.29 is 84.8 Å². The number of hydrogen-bond donors (Lipinski definition) is 13. The Labute approximate surface area is 438 Å². The van der Waals surface area contributed by atoms with Gasteiger partial charge in [-0.1, -0.05) is 85.3 Å². The number of guanidine groups is 1. The van der Waals surface area contributed by atoms with Crippen molar-refractivity contribution in [1.29, 1.82) is 0 Å². The number of aliphatic hydroxyl groups is 10. The molecular weight excluding hydrogens is 963 g/mol. The highest BCUT2D eigenvalue weighted by Gasteiger charge is 2.50. The molecule has 0 unspecified atom stereocenters. The zero-order valence-electron chi connectivity index (χ0n) is 45.1. The monoisotopic (exact) mass is 1060 g/mol. The molecule has 2 aliphatic rings. The second-order valence-electron chi connectivity index (χ2n) is 21.7. The maximum Gasteiger partial charge on any atom is 0.330 e. The molecule has 20 heteroatoms. The Bertz CT molecular complexity index is 1770. The van der Waals surface area contributed by atoms with Crippen LogP contribution in [0.3, 0.4) is 0 Å². The van der Waals surface area contributed by atoms with Gasteiger partial charge in [0, 0.05) is 75.4 Å². The van der Waals surface area contributed by atoms with Crippen molar-refractivity contribution in [2.75, 3.05) is 13.6 Å². The summed E-state index contributed by atoms with van der Waals surface area (Å²) in [4.78, 5) is 41.4. The number of aliphatic hydroxyl groups excluding tert-OH is 9. The summed E-state index contributed by atoms with van der Waals surface area (Å²) in [6.07, 6.45) is -2.38. The largest absolute Gasteiger partial charge is 0.481 e. The molecule has 2 rings (SSSR count). The molecule has 428 valence electrons. The van der Waals surface area contributed by atoms with Crippen molar-refractivity contribution >= 4 is 23.9 Å². The van der Waals surface area contributed by atoms with E-state index in [2.05, 4.69) is 29.4 Å². The van der Waals surface area contributed by atoms with Crippen molar-refractivity contribution in [3.05, 3.63) is 36.5 Å². The molecule has 0 aromatic carbocycles. The summed E-state index contributed by atoms with van der Waals surface area (Å²) in [6, 6.07) is 0. The summed E-state index contributed by atoms with van der Waals surface area (Å²) in [7, 11) is 1.63. The van der Waals surface area contributed by atoms with E-state index in [9.17, 15) is 70.6 Å². The van der Waals surface area contributed by atoms with E-state index in [0.29, 0.717) is 12.4 Å². The van der Waals surface area contributed by atoms with Crippen LogP contribution in [-0.4, -0.2) is 173 Å². The van der Waals surface area contributed by atoms with Crippen molar-refractivity contribution in [3.8, 4) is 0 Å². The molecular formula is C54H95N3O17. The van der Waals surface area contributed by atoms with E-state index in [1.54, 1.807) is 40.8 Å². The van der Waals surface area contributed by atoms with Gasteiger partial charge in [0.05, 0.1) is 54.9 Å². The maximum absolute atomic E-state index is 13.5. The zero-order chi connectivity index (χ0) is 55.9. The van der Waals surface area contributed by atoms with Gasteiger partial charge in [0.15, 0.2) is 11.7 Å². The average Bonchev–Trinajstić information content (AvgIpc) is 3.32. The number of aliphatic carboxylic acids is 1. The highest BCUT2D eigenvalue weighted by atomic mass is 16.7. The number of esters is 2. The normalized spacial score (nSPS) is 38.2. The quantitative estimate of drug-likeness (QED) is 0.0297. The van der Waals surface area contributed by atoms with Crippen LogP contribution >= 0.6 is 0 Å². The molecule has 0 aromatic heterocycles. The predicted molar refractivity (Wildman–Crippen MR) is 278 cm³/mol. The fourth-order valence-corrected chi connectivity index (χ4v) is 9.77. The Morgan fingerprint density at radius 3 is 2.11 bits per heavy atom. The first-order chi connectivity index (χ1) is 34.7. The molecule has 2 aliphatic heterocycles. The molecule has 14 N–H and O–H groups in total. The van der Waals surface area contributed by atoms with Gasteiger partial charge in [0.1, 0.15) is 24.7 Å². The van der Waals surface area contributed by atoms with Gasteiger partial charge in [0.25, 0.3) is 0 Å². The SMILES string of the molecule is CN=C(N)NCCC/C=C/CCC[C@H](C)C[C@H](C)[C@@H]1OC(=O)/C=C/[C@H](C)[C@@H](O)C[C@H](O)[C@H](C)[C@@H](O)CC[C@@H](C)[C@@H](O)C[C@@]2(O)O[C@H](C[C@@H](OC(=O)CC(=O)O)C[C@H](O)C[C@@H](O)[C@@H](C)[C@H](O)/C=C/[C@@H]1C)C[C@@H](O)[C@@H]2O. The molecule has 20 atom stereocenters. The highest BCUT2D eigenvalue weighted by molar-refractivity contribution is 5.90. The molecule has 2 bridgehead atoms. The lowest BCUT2D eigenvalue weighted by Crippen LogP contribution is -2.60. The van der Waals surface area contributed by atoms with E-state index in [1.165, 1.54) is 18.2 Å². The fraction of sp³-hybridized carbons (Fsp3) is 0.815. The molecule has 0 aromatic rings. The number of cyclic esters (lactones) is 1. The van der Waals surface area contributed by atoms with Crippen molar-refractivity contribution in [2.24, 2.45) is 52.2 Å². The number of aliphatic imine (C=N–C) groups is 1. The number of carbonyl (C=O) groups is 3. The second kappa shape index (κ2) is 33.6. The highest BCUT2D eigenvalue weighted by Crippen LogP contribution is 2.36. The molecule has 0 radical (unpaired) electrons. The van der Waals surface area contributed by atoms with Gasteiger partial charge in [-0.25, -0.2) is 4.79 Å². The van der Waals surface area contributed by atoms with Crippen LogP contribution < -0.4 is 11.1 Å². The molecule has 1 fully saturated rings. The summed E-state index contributed by atoms with van der Waals surface area (Å²) in [5.74, 6) is -8.53. The van der Waals surface area contributed by atoms with Gasteiger partial charge >= 0.3 is 17.9 Å². The van der Waals surface area contributed by atoms with Gasteiger partial charge in [-0.2, -0.15) is 0 Å². The Morgan fingerprint density at radius 1 is 0.811 bits per heavy atom. The number of nitrogens with zero attached hydrogens (tertiary/aromatic N) is 1. The first kappa shape index (κ1) is 66.6. The van der Waals surface area contributed by atoms with E-state index in [1.807, 2.05) is 13.8 Å². The summed E-state index contributed by atoms with van der Waals surface area (Å²) >= 11 is 0. The van der Waals surface area contributed by atoms with E-state index in [0.717, 1.165) is 38.6 Å². The third-order valence-corrected chi connectivity index (χ3v) is 15.0. The molecule has 1 saturated heterocycles. The van der Waals surface area contributed by atoms with E-state index < -0.39 is 139 Å². The lowest BCUT2D eigenvalue weighted by Gasteiger charge is -2.45. The number of allylic oxidation sites excluding steroid dienone is 2. The van der Waals surface area contributed by atoms with Gasteiger partial charge in [-0.05, 0) is 69.1 Å². The number of nitrogens with one attached hydrogen (secondary N) is 1. The summed E-state index contributed by atoms with van der Waals surface area (Å²) in [5.41, 5.74) is 5.67. The number of carboxylic acid groups (broad SMARTS) is 1. The number of rotatable bonds is 14. The predicted octanol–water partition coefficient (Wildman–Crippen LogP) is 2.75. The van der Waals surface area contributed by atoms with Crippen LogP contribution in [0.5, 0.6) is 0 Å². The van der Waals surface area contributed by atoms with Crippen LogP contribution in [0.15, 0.2) is 41.4 Å². The average molecular weight is 1060 g/mol. The van der Waals surface area contributed by atoms with Crippen molar-refractivity contribution in [1.82, 2.24) is 5.32 Å². The van der Waals surface area contributed by atoms with Crippen LogP contribution in [0.4, 0.5) is 0 Å². The van der Waals surface area contributed by atoms with Crippen LogP contribution in [0.1, 0.15) is 145 Å². The van der Waals surface area contributed by atoms with E-state index in [-0.39, 0.29) is 56.8 Å². The maximum atomic E-state index is 13.5. The number of hydrogen-bond acceptors (Lipinski definition) is 17. The molecule has 0 amide bonds. The topological polar surface area (TPSA) is 352 Å². The first-order valence-corrected chi connectivity index (χ1v) is 26.8. The standard InChI is InChI=1S/C54H95N3O17/c1-31(15-13-11-9-10-12-14-22-57-53(55)56-8)23-35(5)51-34(4)17-20-42(60)36(6)44(62)25-38(58)24-39(72-50(69)29-48(66)67)26-40-27-46(64)52(70)54(71,74-40)30-47(65)33(3)16-19-41(59)37(7)45(63)28-43(61)32(2)18-21-49(68)73-51/h9-10,17-18,20-21,31-47,51-52,58-65,70-71H,11-16,19,22-30H2,1-8H3,(H,66,67)(H3,55,56,57)/b10-9+,20-17+,21-18+/t31-,32-,33+,34-,35-,36-,37+,38-,39-,40+,41-,42+,43-,44+,45-,46+,47-,51+,52-,54+/m0/s1. The second-order valence-corrected chi connectivity index (χ2v) is 21.7. The third kappa shape index (κ3) is 24.2. The number of carboxylic acids is 1. The van der Waals surface area contributed by atoms with Gasteiger partial charge in [-0.3, -0.25) is 14.6 Å². The van der Waals surface area contributed by atoms with E-state index in [4.69, 9.17) is 19.9 Å². The molecule has 0 saturated carbocycles. The van der Waals surface area contributed by atoms with Crippen LogP contribution in [-0.2, 0) is 28.6 Å². The number of ether oxygens (including phenoxy) is 3. The lowest BCUT2D eigenvalue weighted by molar-refractivity contribution is -0.333. The Morgan fingerprint density at radius 2 is 1.46 bits per heavy atom. The molecule has 0 spiro atoms. The summed E-state index contributed by atoms with van der Waals surface area (Å²) in [6.45, 7) is 13.2. The Hall–Kier alpha value is -3.54. The number of nitrogens with two attached hydrogens (primary N) is 1. The van der Waals surface area contributed by atoms with Gasteiger partial charge in [-0.15, -0.1) is 0 Å². The molecule has 74 heavy (non-hydrogen) atoms. The minimum Gasteiger partial charge on any atom is -0.481 e. The van der Waals surface area contributed by atoms with Crippen LogP contribution in [0.25, 0.3) is 0 Å². The minimum absolute atomic E-state index is 0.0910. The first-order valence-electron chi connectivity index (χ1n) is 26.8.